The molecule has 1 aromatic carbocycles. The van der Waals surface area contributed by atoms with E-state index < -0.39 is 11.6 Å². The van der Waals surface area contributed by atoms with Crippen molar-refractivity contribution >= 4 is 5.69 Å². The van der Waals surface area contributed by atoms with Gasteiger partial charge in [0.1, 0.15) is 0 Å². The summed E-state index contributed by atoms with van der Waals surface area (Å²) < 4.78 is 25.4. The van der Waals surface area contributed by atoms with Crippen LogP contribution in [-0.2, 0) is 0 Å². The van der Waals surface area contributed by atoms with E-state index in [1.54, 1.807) is 11.9 Å². The van der Waals surface area contributed by atoms with Crippen molar-refractivity contribution in [3.63, 3.8) is 0 Å². The molecule has 14 heavy (non-hydrogen) atoms. The molecule has 0 fully saturated rings. The molecule has 0 radical (unpaired) electrons. The summed E-state index contributed by atoms with van der Waals surface area (Å²) in [4.78, 5) is 1.70. The summed E-state index contributed by atoms with van der Waals surface area (Å²) in [6.07, 6.45) is 0.357. The molecule has 0 saturated heterocycles. The lowest BCUT2D eigenvalue weighted by molar-refractivity contribution is 0.508. The Morgan fingerprint density at radius 1 is 1.36 bits per heavy atom. The maximum absolute atomic E-state index is 12.8. The number of benzene rings is 1. The maximum Gasteiger partial charge on any atom is 0.160 e. The highest BCUT2D eigenvalue weighted by Gasteiger charge is 2.05. The number of nitrogens with zero attached hydrogens (tertiary/aromatic N) is 2. The SMILES string of the molecule is CN(CCC#N)c1ccc(F)c(F)c1. The third kappa shape index (κ3) is 2.43. The number of hydrogen-bond donors (Lipinski definition) is 0. The largest absolute Gasteiger partial charge is 0.373 e. The molecule has 1 aromatic rings. The molecule has 0 N–H and O–H groups in total. The fraction of sp³-hybridized carbons (Fsp3) is 0.300. The van der Waals surface area contributed by atoms with Gasteiger partial charge in [-0.05, 0) is 12.1 Å². The Morgan fingerprint density at radius 2 is 2.07 bits per heavy atom. The van der Waals surface area contributed by atoms with Gasteiger partial charge in [0.05, 0.1) is 12.5 Å². The van der Waals surface area contributed by atoms with Crippen molar-refractivity contribution in [3.05, 3.63) is 29.8 Å². The van der Waals surface area contributed by atoms with Gasteiger partial charge in [-0.1, -0.05) is 0 Å². The zero-order valence-corrected chi connectivity index (χ0v) is 7.80. The molecule has 1 rings (SSSR count). The number of hydrogen-bond acceptors (Lipinski definition) is 2. The molecule has 0 amide bonds. The smallest absolute Gasteiger partial charge is 0.160 e. The predicted octanol–water partition coefficient (Wildman–Crippen LogP) is 2.31. The molecule has 2 nitrogen and oxygen atoms in total. The summed E-state index contributed by atoms with van der Waals surface area (Å²) in [5.41, 5.74) is 0.569. The average Bonchev–Trinajstić information content (AvgIpc) is 2.18. The molecule has 0 bridgehead atoms. The van der Waals surface area contributed by atoms with Gasteiger partial charge in [-0.15, -0.1) is 0 Å². The van der Waals surface area contributed by atoms with Gasteiger partial charge in [0.25, 0.3) is 0 Å². The van der Waals surface area contributed by atoms with Crippen LogP contribution in [0.2, 0.25) is 0 Å². The van der Waals surface area contributed by atoms with Crippen LogP contribution in [0.1, 0.15) is 6.42 Å². The molecule has 0 spiro atoms. The third-order valence-electron chi connectivity index (χ3n) is 1.90. The molecule has 0 atom stereocenters. The average molecular weight is 196 g/mol. The van der Waals surface area contributed by atoms with Crippen molar-refractivity contribution in [2.75, 3.05) is 18.5 Å². The number of anilines is 1. The van der Waals surface area contributed by atoms with Crippen LogP contribution in [0, 0.1) is 23.0 Å². The van der Waals surface area contributed by atoms with Gasteiger partial charge in [0.2, 0.25) is 0 Å². The van der Waals surface area contributed by atoms with E-state index in [0.29, 0.717) is 18.7 Å². The van der Waals surface area contributed by atoms with Gasteiger partial charge in [0.15, 0.2) is 11.6 Å². The Hall–Kier alpha value is -1.63. The van der Waals surface area contributed by atoms with Crippen LogP contribution in [-0.4, -0.2) is 13.6 Å². The standard InChI is InChI=1S/C10H10F2N2/c1-14(6-2-5-13)8-3-4-9(11)10(12)7-8/h3-4,7H,2,6H2,1H3. The third-order valence-corrected chi connectivity index (χ3v) is 1.90. The highest BCUT2D eigenvalue weighted by Crippen LogP contribution is 2.16. The Balaban J connectivity index is 2.76. The van der Waals surface area contributed by atoms with Crippen molar-refractivity contribution < 1.29 is 8.78 Å². The van der Waals surface area contributed by atoms with Crippen molar-refractivity contribution in [2.24, 2.45) is 0 Å². The van der Waals surface area contributed by atoms with Crippen molar-refractivity contribution in [3.8, 4) is 6.07 Å². The Labute approximate surface area is 81.4 Å². The zero-order chi connectivity index (χ0) is 10.6. The lowest BCUT2D eigenvalue weighted by Gasteiger charge is -2.17. The molecule has 0 aliphatic rings. The van der Waals surface area contributed by atoms with E-state index in [4.69, 9.17) is 5.26 Å². The molecule has 0 heterocycles. The van der Waals surface area contributed by atoms with Gasteiger partial charge in [-0.3, -0.25) is 0 Å². The van der Waals surface area contributed by atoms with Gasteiger partial charge in [-0.25, -0.2) is 8.78 Å². The van der Waals surface area contributed by atoms with Crippen molar-refractivity contribution in [1.82, 2.24) is 0 Å². The predicted molar refractivity (Wildman–Crippen MR) is 49.9 cm³/mol. The lowest BCUT2D eigenvalue weighted by atomic mass is 10.2. The van der Waals surface area contributed by atoms with Crippen molar-refractivity contribution in [1.29, 1.82) is 5.26 Å². The first kappa shape index (κ1) is 10.5. The molecule has 0 unspecified atom stereocenters. The minimum Gasteiger partial charge on any atom is -0.373 e. The Bertz CT molecular complexity index is 358. The summed E-state index contributed by atoms with van der Waals surface area (Å²) in [5, 5.41) is 8.35. The van der Waals surface area contributed by atoms with Crippen LogP contribution < -0.4 is 4.90 Å². The van der Waals surface area contributed by atoms with Crippen LogP contribution in [0.15, 0.2) is 18.2 Å². The van der Waals surface area contributed by atoms with Crippen LogP contribution in [0.25, 0.3) is 0 Å². The summed E-state index contributed by atoms with van der Waals surface area (Å²) in [6, 6.07) is 5.66. The Morgan fingerprint density at radius 3 is 2.64 bits per heavy atom. The number of rotatable bonds is 3. The van der Waals surface area contributed by atoms with Crippen molar-refractivity contribution in [2.45, 2.75) is 6.42 Å². The summed E-state index contributed by atoms with van der Waals surface area (Å²) in [6.45, 7) is 0.502. The van der Waals surface area contributed by atoms with E-state index in [9.17, 15) is 8.78 Å². The minimum atomic E-state index is -0.869. The van der Waals surface area contributed by atoms with Crippen LogP contribution in [0.3, 0.4) is 0 Å². The van der Waals surface area contributed by atoms with Gasteiger partial charge < -0.3 is 4.90 Å². The monoisotopic (exact) mass is 196 g/mol. The van der Waals surface area contributed by atoms with E-state index in [-0.39, 0.29) is 0 Å². The quantitative estimate of drug-likeness (QED) is 0.741. The topological polar surface area (TPSA) is 27.0 Å². The van der Waals surface area contributed by atoms with E-state index in [1.165, 1.54) is 6.07 Å². The fourth-order valence-electron chi connectivity index (χ4n) is 1.07. The first-order chi connectivity index (χ1) is 6.65. The Kier molecular flexibility index (Phi) is 3.41. The maximum atomic E-state index is 12.8. The van der Waals surface area contributed by atoms with Crippen LogP contribution in [0.4, 0.5) is 14.5 Å². The highest BCUT2D eigenvalue weighted by molar-refractivity contribution is 5.45. The minimum absolute atomic E-state index is 0.357. The molecule has 0 aromatic heterocycles. The summed E-state index contributed by atoms with van der Waals surface area (Å²) in [7, 11) is 1.73. The first-order valence-electron chi connectivity index (χ1n) is 4.18. The van der Waals surface area contributed by atoms with Gasteiger partial charge in [-0.2, -0.15) is 5.26 Å². The molecule has 4 heteroatoms. The second kappa shape index (κ2) is 4.56. The second-order valence-corrected chi connectivity index (χ2v) is 2.93. The molecule has 0 aliphatic carbocycles. The van der Waals surface area contributed by atoms with Crippen LogP contribution in [0.5, 0.6) is 0 Å². The van der Waals surface area contributed by atoms with E-state index in [0.717, 1.165) is 12.1 Å². The molecule has 0 saturated carbocycles. The van der Waals surface area contributed by atoms with E-state index in [2.05, 4.69) is 0 Å². The first-order valence-corrected chi connectivity index (χ1v) is 4.18. The number of halogens is 2. The molecule has 74 valence electrons. The summed E-state index contributed by atoms with van der Waals surface area (Å²) in [5.74, 6) is -1.73. The number of nitriles is 1. The van der Waals surface area contributed by atoms with E-state index >= 15 is 0 Å². The summed E-state index contributed by atoms with van der Waals surface area (Å²) >= 11 is 0. The molecular formula is C10H10F2N2. The van der Waals surface area contributed by atoms with E-state index in [1.807, 2.05) is 6.07 Å². The fourth-order valence-corrected chi connectivity index (χ4v) is 1.07. The van der Waals surface area contributed by atoms with Gasteiger partial charge >= 0.3 is 0 Å². The molecular weight excluding hydrogens is 186 g/mol. The van der Waals surface area contributed by atoms with Gasteiger partial charge in [0, 0.05) is 25.3 Å². The van der Waals surface area contributed by atoms with Crippen LogP contribution >= 0.6 is 0 Å². The molecule has 0 aliphatic heterocycles. The lowest BCUT2D eigenvalue weighted by Crippen LogP contribution is -2.18. The highest BCUT2D eigenvalue weighted by atomic mass is 19.2. The second-order valence-electron chi connectivity index (χ2n) is 2.93. The normalized spacial score (nSPS) is 9.57. The zero-order valence-electron chi connectivity index (χ0n) is 7.80.